The summed E-state index contributed by atoms with van der Waals surface area (Å²) in [6, 6.07) is 10.2. The molecule has 7 nitrogen and oxygen atoms in total. The minimum atomic E-state index is -4.58. The van der Waals surface area contributed by atoms with Crippen molar-refractivity contribution in [3.8, 4) is 0 Å². The summed E-state index contributed by atoms with van der Waals surface area (Å²) in [5, 5.41) is 2.47. The molecule has 4 rings (SSSR count). The second-order valence-corrected chi connectivity index (χ2v) is 7.08. The molecule has 0 spiro atoms. The highest BCUT2D eigenvalue weighted by Crippen LogP contribution is 2.34. The first-order valence-electron chi connectivity index (χ1n) is 9.01. The quantitative estimate of drug-likeness (QED) is 0.659. The third-order valence-corrected chi connectivity index (χ3v) is 5.16. The van der Waals surface area contributed by atoms with Crippen LogP contribution in [0.2, 0.25) is 0 Å². The third kappa shape index (κ3) is 3.14. The Kier molecular flexibility index (Phi) is 4.44. The molecule has 30 heavy (non-hydrogen) atoms. The van der Waals surface area contributed by atoms with E-state index in [2.05, 4.69) is 5.32 Å². The monoisotopic (exact) mass is 419 g/mol. The number of para-hydroxylation sites is 2. The van der Waals surface area contributed by atoms with Crippen molar-refractivity contribution in [1.82, 2.24) is 14.8 Å². The molecule has 1 aliphatic rings. The van der Waals surface area contributed by atoms with Gasteiger partial charge < -0.3 is 9.73 Å². The van der Waals surface area contributed by atoms with Gasteiger partial charge in [-0.3, -0.25) is 14.3 Å². The Morgan fingerprint density at radius 2 is 1.77 bits per heavy atom. The largest absolute Gasteiger partial charge is 0.420 e. The number of aromatic nitrogens is 1. The van der Waals surface area contributed by atoms with Crippen molar-refractivity contribution in [2.75, 3.05) is 6.54 Å². The standard InChI is InChI=1S/C20H16F3N3O4/c1-19(12-5-4-6-13(11-12)20(21,22)23)16(27)26(17(28)24-19)10-9-25-14-7-2-3-8-15(14)30-18(25)29/h2-8,11H,9-10H2,1H3,(H,24,28). The van der Waals surface area contributed by atoms with Crippen LogP contribution in [0.4, 0.5) is 18.0 Å². The van der Waals surface area contributed by atoms with Gasteiger partial charge in [0.05, 0.1) is 11.1 Å². The Labute approximate surface area is 167 Å². The highest BCUT2D eigenvalue weighted by molar-refractivity contribution is 6.07. The van der Waals surface area contributed by atoms with E-state index in [-0.39, 0.29) is 18.7 Å². The van der Waals surface area contributed by atoms with Gasteiger partial charge in [0.25, 0.3) is 5.91 Å². The molecular weight excluding hydrogens is 403 g/mol. The number of carbonyl (C=O) groups is 2. The summed E-state index contributed by atoms with van der Waals surface area (Å²) in [5.74, 6) is -1.34. The maximum Gasteiger partial charge on any atom is 0.420 e. The number of nitrogens with zero attached hydrogens (tertiary/aromatic N) is 2. The molecule has 0 bridgehead atoms. The first-order chi connectivity index (χ1) is 14.1. The number of carbonyl (C=O) groups excluding carboxylic acids is 2. The van der Waals surface area contributed by atoms with Gasteiger partial charge in [-0.25, -0.2) is 9.59 Å². The lowest BCUT2D eigenvalue weighted by Gasteiger charge is -2.23. The number of rotatable bonds is 4. The van der Waals surface area contributed by atoms with Gasteiger partial charge in [-0.15, -0.1) is 0 Å². The van der Waals surface area contributed by atoms with Crippen LogP contribution in [-0.4, -0.2) is 28.0 Å². The highest BCUT2D eigenvalue weighted by Gasteiger charge is 2.49. The maximum atomic E-state index is 13.0. The van der Waals surface area contributed by atoms with Gasteiger partial charge in [0.1, 0.15) is 5.54 Å². The zero-order valence-electron chi connectivity index (χ0n) is 15.7. The van der Waals surface area contributed by atoms with Gasteiger partial charge in [0.15, 0.2) is 5.58 Å². The van der Waals surface area contributed by atoms with Crippen LogP contribution in [0.1, 0.15) is 18.1 Å². The van der Waals surface area contributed by atoms with Gasteiger partial charge in [-0.1, -0.05) is 24.3 Å². The average Bonchev–Trinajstić information content (AvgIpc) is 3.13. The summed E-state index contributed by atoms with van der Waals surface area (Å²) in [7, 11) is 0. The number of oxazole rings is 1. The number of hydrogen-bond donors (Lipinski definition) is 1. The lowest BCUT2D eigenvalue weighted by molar-refractivity contribution is -0.138. The van der Waals surface area contributed by atoms with Crippen molar-refractivity contribution < 1.29 is 27.2 Å². The summed E-state index contributed by atoms with van der Waals surface area (Å²) in [6.45, 7) is 1.18. The zero-order valence-corrected chi connectivity index (χ0v) is 15.7. The predicted molar refractivity (Wildman–Crippen MR) is 99.5 cm³/mol. The van der Waals surface area contributed by atoms with E-state index in [4.69, 9.17) is 4.42 Å². The molecule has 2 aromatic carbocycles. The highest BCUT2D eigenvalue weighted by atomic mass is 19.4. The number of halogens is 3. The number of benzene rings is 2. The topological polar surface area (TPSA) is 84.6 Å². The molecule has 1 saturated heterocycles. The van der Waals surface area contributed by atoms with Gasteiger partial charge >= 0.3 is 18.0 Å². The van der Waals surface area contributed by atoms with Crippen LogP contribution in [-0.2, 0) is 23.1 Å². The molecule has 3 amide bonds. The van der Waals surface area contributed by atoms with Crippen LogP contribution in [0, 0.1) is 0 Å². The minimum Gasteiger partial charge on any atom is -0.408 e. The first-order valence-corrected chi connectivity index (χ1v) is 9.01. The zero-order chi connectivity index (χ0) is 21.7. The van der Waals surface area contributed by atoms with Gasteiger partial charge in [-0.05, 0) is 36.8 Å². The van der Waals surface area contributed by atoms with E-state index in [1.807, 2.05) is 0 Å². The molecule has 0 radical (unpaired) electrons. The van der Waals surface area contributed by atoms with E-state index in [1.54, 1.807) is 24.3 Å². The molecule has 1 N–H and O–H groups in total. The van der Waals surface area contributed by atoms with Gasteiger partial charge in [-0.2, -0.15) is 13.2 Å². The Hall–Kier alpha value is -3.56. The Balaban J connectivity index is 1.60. The summed E-state index contributed by atoms with van der Waals surface area (Å²) in [6.07, 6.45) is -4.58. The number of imide groups is 1. The minimum absolute atomic E-state index is 0.0177. The smallest absolute Gasteiger partial charge is 0.408 e. The number of fused-ring (bicyclic) bond motifs is 1. The number of hydrogen-bond acceptors (Lipinski definition) is 4. The Bertz CT molecular complexity index is 1210. The van der Waals surface area contributed by atoms with E-state index >= 15 is 0 Å². The lowest BCUT2D eigenvalue weighted by Crippen LogP contribution is -2.41. The molecule has 1 atom stereocenters. The molecule has 3 aromatic rings. The molecule has 1 aliphatic heterocycles. The van der Waals surface area contributed by atoms with Crippen LogP contribution in [0.25, 0.3) is 11.1 Å². The van der Waals surface area contributed by atoms with E-state index < -0.39 is 35.0 Å². The molecular formula is C20H16F3N3O4. The van der Waals surface area contributed by atoms with E-state index in [9.17, 15) is 27.6 Å². The number of urea groups is 1. The van der Waals surface area contributed by atoms with Crippen molar-refractivity contribution in [2.45, 2.75) is 25.2 Å². The summed E-state index contributed by atoms with van der Waals surface area (Å²) < 4.78 is 45.6. The van der Waals surface area contributed by atoms with Gasteiger partial charge in [0, 0.05) is 13.1 Å². The molecule has 2 heterocycles. The number of nitrogens with one attached hydrogen (secondary N) is 1. The second-order valence-electron chi connectivity index (χ2n) is 7.08. The predicted octanol–water partition coefficient (Wildman–Crippen LogP) is 3.08. The summed E-state index contributed by atoms with van der Waals surface area (Å²) in [5.41, 5.74) is -1.67. The van der Waals surface area contributed by atoms with Crippen molar-refractivity contribution >= 4 is 23.0 Å². The molecule has 1 aromatic heterocycles. The fourth-order valence-electron chi connectivity index (χ4n) is 3.53. The normalized spacial score (nSPS) is 19.5. The average molecular weight is 419 g/mol. The fraction of sp³-hybridized carbons (Fsp3) is 0.250. The van der Waals surface area contributed by atoms with Crippen LogP contribution < -0.4 is 11.1 Å². The molecule has 0 aliphatic carbocycles. The van der Waals surface area contributed by atoms with Crippen LogP contribution in [0.5, 0.6) is 0 Å². The Morgan fingerprint density at radius 1 is 1.03 bits per heavy atom. The number of amides is 3. The molecule has 156 valence electrons. The fourth-order valence-corrected chi connectivity index (χ4v) is 3.53. The van der Waals surface area contributed by atoms with Crippen molar-refractivity contribution in [2.24, 2.45) is 0 Å². The van der Waals surface area contributed by atoms with Crippen LogP contribution >= 0.6 is 0 Å². The molecule has 10 heteroatoms. The summed E-state index contributed by atoms with van der Waals surface area (Å²) >= 11 is 0. The lowest BCUT2D eigenvalue weighted by atomic mass is 9.90. The van der Waals surface area contributed by atoms with Crippen LogP contribution in [0.3, 0.4) is 0 Å². The van der Waals surface area contributed by atoms with E-state index in [1.165, 1.54) is 23.6 Å². The van der Waals surface area contributed by atoms with E-state index in [0.717, 1.165) is 17.0 Å². The molecule has 0 saturated carbocycles. The van der Waals surface area contributed by atoms with Crippen molar-refractivity contribution in [3.05, 3.63) is 70.2 Å². The second kappa shape index (κ2) is 6.75. The van der Waals surface area contributed by atoms with Crippen molar-refractivity contribution in [1.29, 1.82) is 0 Å². The van der Waals surface area contributed by atoms with Crippen molar-refractivity contribution in [3.63, 3.8) is 0 Å². The molecule has 1 unspecified atom stereocenters. The van der Waals surface area contributed by atoms with Gasteiger partial charge in [0.2, 0.25) is 0 Å². The first kappa shape index (κ1) is 19.7. The number of alkyl halides is 3. The summed E-state index contributed by atoms with van der Waals surface area (Å²) in [4.78, 5) is 38.3. The third-order valence-electron chi connectivity index (χ3n) is 5.16. The van der Waals surface area contributed by atoms with Crippen LogP contribution in [0.15, 0.2) is 57.7 Å². The van der Waals surface area contributed by atoms with E-state index in [0.29, 0.717) is 11.1 Å². The molecule has 1 fully saturated rings. The Morgan fingerprint density at radius 3 is 2.50 bits per heavy atom. The maximum absolute atomic E-state index is 13.0. The SMILES string of the molecule is CC1(c2cccc(C(F)(F)F)c2)NC(=O)N(CCn2c(=O)oc3ccccc32)C1=O.